The zero-order valence-corrected chi connectivity index (χ0v) is 12.1. The molecule has 112 valence electrons. The monoisotopic (exact) mass is 296 g/mol. The fourth-order valence-corrected chi connectivity index (χ4v) is 2.58. The molecule has 0 saturated carbocycles. The Kier molecular flexibility index (Phi) is 4.42. The first-order valence-electron chi connectivity index (χ1n) is 7.19. The molecule has 3 rings (SSSR count). The highest BCUT2D eigenvalue weighted by molar-refractivity contribution is 5.81. The van der Waals surface area contributed by atoms with Crippen molar-refractivity contribution in [3.63, 3.8) is 0 Å². The summed E-state index contributed by atoms with van der Waals surface area (Å²) in [5, 5.41) is 13.4. The SMILES string of the molecule is OCc1ccccc1CNCc1cc(F)cc2cccnc12. The van der Waals surface area contributed by atoms with Crippen molar-refractivity contribution in [1.82, 2.24) is 10.3 Å². The average Bonchev–Trinajstić information content (AvgIpc) is 2.55. The first-order valence-corrected chi connectivity index (χ1v) is 7.19. The van der Waals surface area contributed by atoms with Gasteiger partial charge in [0.25, 0.3) is 0 Å². The third-order valence-electron chi connectivity index (χ3n) is 3.67. The van der Waals surface area contributed by atoms with Crippen molar-refractivity contribution in [1.29, 1.82) is 0 Å². The summed E-state index contributed by atoms with van der Waals surface area (Å²) in [7, 11) is 0. The molecule has 4 heteroatoms. The third-order valence-corrected chi connectivity index (χ3v) is 3.67. The number of fused-ring (bicyclic) bond motifs is 1. The fraction of sp³-hybridized carbons (Fsp3) is 0.167. The van der Waals surface area contributed by atoms with Crippen molar-refractivity contribution < 1.29 is 9.50 Å². The number of aliphatic hydroxyl groups excluding tert-OH is 1. The first-order chi connectivity index (χ1) is 10.8. The fourth-order valence-electron chi connectivity index (χ4n) is 2.58. The number of aliphatic hydroxyl groups is 1. The van der Waals surface area contributed by atoms with Crippen LogP contribution in [0.2, 0.25) is 0 Å². The van der Waals surface area contributed by atoms with Crippen molar-refractivity contribution in [2.24, 2.45) is 0 Å². The van der Waals surface area contributed by atoms with Crippen LogP contribution in [0.3, 0.4) is 0 Å². The van der Waals surface area contributed by atoms with E-state index in [0.717, 1.165) is 27.6 Å². The Balaban J connectivity index is 1.77. The minimum atomic E-state index is -0.256. The second-order valence-electron chi connectivity index (χ2n) is 5.17. The molecule has 0 spiro atoms. The van der Waals surface area contributed by atoms with E-state index in [9.17, 15) is 9.50 Å². The lowest BCUT2D eigenvalue weighted by atomic mass is 10.1. The first kappa shape index (κ1) is 14.6. The topological polar surface area (TPSA) is 45.1 Å². The van der Waals surface area contributed by atoms with Crippen molar-refractivity contribution in [2.75, 3.05) is 0 Å². The maximum atomic E-state index is 13.7. The summed E-state index contributed by atoms with van der Waals surface area (Å²) in [6, 6.07) is 14.4. The molecule has 2 N–H and O–H groups in total. The average molecular weight is 296 g/mol. The van der Waals surface area contributed by atoms with Gasteiger partial charge in [-0.05, 0) is 34.9 Å². The smallest absolute Gasteiger partial charge is 0.124 e. The zero-order chi connectivity index (χ0) is 15.4. The Morgan fingerprint density at radius 3 is 2.55 bits per heavy atom. The third kappa shape index (κ3) is 3.13. The van der Waals surface area contributed by atoms with Crippen LogP contribution >= 0.6 is 0 Å². The van der Waals surface area contributed by atoms with Gasteiger partial charge in [0.05, 0.1) is 12.1 Å². The Labute approximate surface area is 128 Å². The van der Waals surface area contributed by atoms with Crippen LogP contribution in [0.5, 0.6) is 0 Å². The van der Waals surface area contributed by atoms with Gasteiger partial charge in [0.2, 0.25) is 0 Å². The van der Waals surface area contributed by atoms with Gasteiger partial charge in [-0.15, -0.1) is 0 Å². The Morgan fingerprint density at radius 2 is 1.73 bits per heavy atom. The lowest BCUT2D eigenvalue weighted by molar-refractivity contribution is 0.280. The van der Waals surface area contributed by atoms with E-state index >= 15 is 0 Å². The summed E-state index contributed by atoms with van der Waals surface area (Å²) in [5.74, 6) is -0.256. The molecule has 0 aliphatic rings. The minimum absolute atomic E-state index is 0.0162. The van der Waals surface area contributed by atoms with Crippen molar-refractivity contribution in [2.45, 2.75) is 19.7 Å². The molecule has 0 atom stereocenters. The molecule has 22 heavy (non-hydrogen) atoms. The van der Waals surface area contributed by atoms with Gasteiger partial charge in [-0.25, -0.2) is 4.39 Å². The molecule has 2 aromatic carbocycles. The van der Waals surface area contributed by atoms with Crippen LogP contribution in [0.15, 0.2) is 54.7 Å². The number of nitrogens with zero attached hydrogens (tertiary/aromatic N) is 1. The van der Waals surface area contributed by atoms with Gasteiger partial charge in [0, 0.05) is 24.7 Å². The molecule has 0 aliphatic carbocycles. The van der Waals surface area contributed by atoms with Gasteiger partial charge in [-0.2, -0.15) is 0 Å². The second-order valence-corrected chi connectivity index (χ2v) is 5.17. The highest BCUT2D eigenvalue weighted by atomic mass is 19.1. The van der Waals surface area contributed by atoms with Gasteiger partial charge in [-0.1, -0.05) is 30.3 Å². The van der Waals surface area contributed by atoms with Crippen molar-refractivity contribution in [3.8, 4) is 0 Å². The van der Waals surface area contributed by atoms with E-state index in [0.29, 0.717) is 13.1 Å². The number of hydrogen-bond donors (Lipinski definition) is 2. The molecule has 1 aromatic heterocycles. The standard InChI is InChI=1S/C18H17FN2O/c19-17-8-13-6-3-7-21-18(13)16(9-17)11-20-10-14-4-1-2-5-15(14)12-22/h1-9,20,22H,10-12H2. The molecule has 0 aliphatic heterocycles. The highest BCUT2D eigenvalue weighted by Crippen LogP contribution is 2.18. The van der Waals surface area contributed by atoms with Gasteiger partial charge in [-0.3, -0.25) is 4.98 Å². The van der Waals surface area contributed by atoms with E-state index in [-0.39, 0.29) is 12.4 Å². The number of aromatic nitrogens is 1. The molecule has 0 unspecified atom stereocenters. The molecule has 3 aromatic rings. The summed E-state index contributed by atoms with van der Waals surface area (Å²) in [5.41, 5.74) is 3.58. The van der Waals surface area contributed by atoms with E-state index in [2.05, 4.69) is 10.3 Å². The van der Waals surface area contributed by atoms with Gasteiger partial charge in [0.15, 0.2) is 0 Å². The van der Waals surface area contributed by atoms with Crippen molar-refractivity contribution in [3.05, 3.63) is 77.2 Å². The maximum absolute atomic E-state index is 13.7. The van der Waals surface area contributed by atoms with Gasteiger partial charge < -0.3 is 10.4 Å². The van der Waals surface area contributed by atoms with Gasteiger partial charge >= 0.3 is 0 Å². The number of rotatable bonds is 5. The van der Waals surface area contributed by atoms with Crippen LogP contribution in [-0.4, -0.2) is 10.1 Å². The Morgan fingerprint density at radius 1 is 0.955 bits per heavy atom. The highest BCUT2D eigenvalue weighted by Gasteiger charge is 2.06. The number of hydrogen-bond acceptors (Lipinski definition) is 3. The number of nitrogens with one attached hydrogen (secondary N) is 1. The molecule has 0 bridgehead atoms. The van der Waals surface area contributed by atoms with E-state index in [1.165, 1.54) is 12.1 Å². The molecule has 1 heterocycles. The summed E-state index contributed by atoms with van der Waals surface area (Å²) in [4.78, 5) is 4.33. The molecular formula is C18H17FN2O. The zero-order valence-electron chi connectivity index (χ0n) is 12.1. The summed E-state index contributed by atoms with van der Waals surface area (Å²) < 4.78 is 13.7. The van der Waals surface area contributed by atoms with Gasteiger partial charge in [0.1, 0.15) is 5.82 Å². The maximum Gasteiger partial charge on any atom is 0.124 e. The van der Waals surface area contributed by atoms with Crippen LogP contribution in [-0.2, 0) is 19.7 Å². The van der Waals surface area contributed by atoms with Crippen LogP contribution < -0.4 is 5.32 Å². The Bertz CT molecular complexity index is 789. The predicted octanol–water partition coefficient (Wildman–Crippen LogP) is 3.16. The lowest BCUT2D eigenvalue weighted by Gasteiger charge is -2.10. The minimum Gasteiger partial charge on any atom is -0.392 e. The molecule has 0 amide bonds. The van der Waals surface area contributed by atoms with E-state index in [4.69, 9.17) is 0 Å². The molecule has 0 saturated heterocycles. The Hall–Kier alpha value is -2.30. The van der Waals surface area contributed by atoms with Crippen LogP contribution in [0.25, 0.3) is 10.9 Å². The summed E-state index contributed by atoms with van der Waals surface area (Å²) in [6.45, 7) is 1.15. The van der Waals surface area contributed by atoms with Crippen LogP contribution in [0.1, 0.15) is 16.7 Å². The number of halogens is 1. The van der Waals surface area contributed by atoms with E-state index in [1.807, 2.05) is 30.3 Å². The molecular weight excluding hydrogens is 279 g/mol. The summed E-state index contributed by atoms with van der Waals surface area (Å²) >= 11 is 0. The molecule has 0 radical (unpaired) electrons. The lowest BCUT2D eigenvalue weighted by Crippen LogP contribution is -2.14. The normalized spacial score (nSPS) is 11.0. The number of pyridine rings is 1. The summed E-state index contributed by atoms with van der Waals surface area (Å²) in [6.07, 6.45) is 1.71. The number of benzene rings is 2. The van der Waals surface area contributed by atoms with E-state index in [1.54, 1.807) is 12.3 Å². The van der Waals surface area contributed by atoms with Crippen molar-refractivity contribution >= 4 is 10.9 Å². The van der Waals surface area contributed by atoms with Crippen LogP contribution in [0, 0.1) is 5.82 Å². The van der Waals surface area contributed by atoms with E-state index < -0.39 is 0 Å². The molecule has 3 nitrogen and oxygen atoms in total. The largest absolute Gasteiger partial charge is 0.392 e. The predicted molar refractivity (Wildman–Crippen MR) is 84.6 cm³/mol. The second kappa shape index (κ2) is 6.64. The van der Waals surface area contributed by atoms with Crippen LogP contribution in [0.4, 0.5) is 4.39 Å². The quantitative estimate of drug-likeness (QED) is 0.760. The molecule has 0 fully saturated rings.